The second-order valence-electron chi connectivity index (χ2n) is 3.34. The molecule has 1 aromatic rings. The van der Waals surface area contributed by atoms with Crippen molar-refractivity contribution in [1.82, 2.24) is 5.32 Å². The van der Waals surface area contributed by atoms with E-state index in [4.69, 9.17) is 22.6 Å². The van der Waals surface area contributed by atoms with Crippen LogP contribution >= 0.6 is 11.6 Å². The van der Waals surface area contributed by atoms with Crippen LogP contribution in [0.15, 0.2) is 18.2 Å². The maximum Gasteiger partial charge on any atom is 0.243 e. The first-order valence-electron chi connectivity index (χ1n) is 5.03. The van der Waals surface area contributed by atoms with Gasteiger partial charge < -0.3 is 16.4 Å². The minimum absolute atomic E-state index is 0.171. The number of nitrogens with two attached hydrogens (primary N) is 1. The summed E-state index contributed by atoms with van der Waals surface area (Å²) in [6.07, 6.45) is 0. The van der Waals surface area contributed by atoms with Crippen molar-refractivity contribution < 1.29 is 9.59 Å². The van der Waals surface area contributed by atoms with Crippen molar-refractivity contribution in [2.45, 2.75) is 0 Å². The Bertz CT molecular complexity index is 510. The number of nitrogens with zero attached hydrogens (tertiary/aromatic N) is 1. The normalized spacial score (nSPS) is 9.39. The van der Waals surface area contributed by atoms with Gasteiger partial charge in [0.2, 0.25) is 11.8 Å². The highest BCUT2D eigenvalue weighted by Gasteiger charge is 2.06. The molecule has 0 bridgehead atoms. The third kappa shape index (κ3) is 4.05. The summed E-state index contributed by atoms with van der Waals surface area (Å²) in [6, 6.07) is 6.41. The molecule has 0 aliphatic rings. The number of hydrogen-bond acceptors (Lipinski definition) is 4. The number of carbonyl (C=O) groups is 2. The van der Waals surface area contributed by atoms with E-state index in [1.807, 2.05) is 6.07 Å². The monoisotopic (exact) mass is 266 g/mol. The molecular formula is C11H11ClN4O2. The van der Waals surface area contributed by atoms with Gasteiger partial charge in [-0.1, -0.05) is 11.6 Å². The Morgan fingerprint density at radius 1 is 1.39 bits per heavy atom. The Hall–Kier alpha value is -2.10. The van der Waals surface area contributed by atoms with Crippen molar-refractivity contribution >= 4 is 29.1 Å². The first-order valence-corrected chi connectivity index (χ1v) is 5.41. The smallest absolute Gasteiger partial charge is 0.243 e. The Balaban J connectivity index is 2.58. The second-order valence-corrected chi connectivity index (χ2v) is 3.74. The first kappa shape index (κ1) is 14.0. The molecule has 0 radical (unpaired) electrons. The molecular weight excluding hydrogens is 256 g/mol. The van der Waals surface area contributed by atoms with Gasteiger partial charge in [-0.25, -0.2) is 0 Å². The van der Waals surface area contributed by atoms with Crippen LogP contribution < -0.4 is 16.4 Å². The Morgan fingerprint density at radius 3 is 2.67 bits per heavy atom. The van der Waals surface area contributed by atoms with E-state index in [0.29, 0.717) is 11.3 Å². The van der Waals surface area contributed by atoms with Crippen molar-refractivity contribution in [3.05, 3.63) is 28.8 Å². The Kier molecular flexibility index (Phi) is 5.11. The third-order valence-corrected chi connectivity index (χ3v) is 2.32. The van der Waals surface area contributed by atoms with Gasteiger partial charge in [0, 0.05) is 5.69 Å². The SMILES string of the molecule is N#Cc1ccc(NC(=O)CNC(=O)CN)cc1Cl. The molecule has 0 saturated carbocycles. The van der Waals surface area contributed by atoms with Crippen LogP contribution in [0.4, 0.5) is 5.69 Å². The molecule has 1 aromatic carbocycles. The number of hydrogen-bond donors (Lipinski definition) is 3. The van der Waals surface area contributed by atoms with E-state index in [9.17, 15) is 9.59 Å². The van der Waals surface area contributed by atoms with E-state index >= 15 is 0 Å². The van der Waals surface area contributed by atoms with Crippen LogP contribution in [-0.4, -0.2) is 24.9 Å². The lowest BCUT2D eigenvalue weighted by Crippen LogP contribution is -2.36. The van der Waals surface area contributed by atoms with Crippen LogP contribution in [0.25, 0.3) is 0 Å². The lowest BCUT2D eigenvalue weighted by Gasteiger charge is -2.07. The summed E-state index contributed by atoms with van der Waals surface area (Å²) >= 11 is 5.80. The van der Waals surface area contributed by atoms with Crippen molar-refractivity contribution in [2.24, 2.45) is 5.73 Å². The fourth-order valence-electron chi connectivity index (χ4n) is 1.14. The zero-order valence-electron chi connectivity index (χ0n) is 9.37. The van der Waals surface area contributed by atoms with E-state index in [1.54, 1.807) is 6.07 Å². The van der Waals surface area contributed by atoms with Crippen molar-refractivity contribution in [3.8, 4) is 6.07 Å². The van der Waals surface area contributed by atoms with Gasteiger partial charge in [-0.05, 0) is 18.2 Å². The summed E-state index contributed by atoms with van der Waals surface area (Å²) in [5, 5.41) is 13.8. The van der Waals surface area contributed by atoms with Crippen LogP contribution in [0.1, 0.15) is 5.56 Å². The van der Waals surface area contributed by atoms with E-state index in [1.165, 1.54) is 12.1 Å². The summed E-state index contributed by atoms with van der Waals surface area (Å²) in [7, 11) is 0. The number of benzene rings is 1. The van der Waals surface area contributed by atoms with Crippen molar-refractivity contribution in [1.29, 1.82) is 5.26 Å². The molecule has 0 aliphatic heterocycles. The Labute approximate surface area is 109 Å². The number of amides is 2. The summed E-state index contributed by atoms with van der Waals surface area (Å²) < 4.78 is 0. The molecule has 0 fully saturated rings. The molecule has 0 spiro atoms. The number of halogens is 1. The molecule has 0 unspecified atom stereocenters. The highest BCUT2D eigenvalue weighted by atomic mass is 35.5. The predicted molar refractivity (Wildman–Crippen MR) is 66.9 cm³/mol. The third-order valence-electron chi connectivity index (χ3n) is 2.00. The largest absolute Gasteiger partial charge is 0.346 e. The molecule has 0 saturated heterocycles. The molecule has 1 rings (SSSR count). The van der Waals surface area contributed by atoms with Crippen LogP contribution in [0, 0.1) is 11.3 Å². The van der Waals surface area contributed by atoms with Gasteiger partial charge in [-0.15, -0.1) is 0 Å². The molecule has 2 amide bonds. The number of nitrogens with one attached hydrogen (secondary N) is 2. The number of nitriles is 1. The number of carbonyl (C=O) groups excluding carboxylic acids is 2. The number of anilines is 1. The van der Waals surface area contributed by atoms with Gasteiger partial charge in [0.15, 0.2) is 0 Å². The van der Waals surface area contributed by atoms with Crippen LogP contribution in [-0.2, 0) is 9.59 Å². The molecule has 7 heteroatoms. The molecule has 18 heavy (non-hydrogen) atoms. The lowest BCUT2D eigenvalue weighted by atomic mass is 10.2. The summed E-state index contributed by atoms with van der Waals surface area (Å²) in [5.41, 5.74) is 5.85. The fourth-order valence-corrected chi connectivity index (χ4v) is 1.36. The topological polar surface area (TPSA) is 108 Å². The fraction of sp³-hybridized carbons (Fsp3) is 0.182. The van der Waals surface area contributed by atoms with Crippen LogP contribution in [0.2, 0.25) is 5.02 Å². The van der Waals surface area contributed by atoms with Crippen molar-refractivity contribution in [3.63, 3.8) is 0 Å². The van der Waals surface area contributed by atoms with E-state index in [-0.39, 0.29) is 18.1 Å². The zero-order valence-corrected chi connectivity index (χ0v) is 10.1. The molecule has 94 valence electrons. The van der Waals surface area contributed by atoms with Crippen LogP contribution in [0.3, 0.4) is 0 Å². The van der Waals surface area contributed by atoms with Gasteiger partial charge in [-0.3, -0.25) is 9.59 Å². The van der Waals surface area contributed by atoms with Gasteiger partial charge in [0.05, 0.1) is 23.7 Å². The predicted octanol–water partition coefficient (Wildman–Crippen LogP) is 0.225. The quantitative estimate of drug-likeness (QED) is 0.725. The molecule has 0 atom stereocenters. The zero-order chi connectivity index (χ0) is 13.5. The highest BCUT2D eigenvalue weighted by molar-refractivity contribution is 6.32. The van der Waals surface area contributed by atoms with Gasteiger partial charge in [-0.2, -0.15) is 5.26 Å². The molecule has 0 aliphatic carbocycles. The lowest BCUT2D eigenvalue weighted by molar-refractivity contribution is -0.123. The minimum Gasteiger partial charge on any atom is -0.346 e. The highest BCUT2D eigenvalue weighted by Crippen LogP contribution is 2.19. The average Bonchev–Trinajstić information content (AvgIpc) is 2.36. The van der Waals surface area contributed by atoms with Gasteiger partial charge in [0.25, 0.3) is 0 Å². The summed E-state index contributed by atoms with van der Waals surface area (Å²) in [6.45, 7) is -0.344. The Morgan fingerprint density at radius 2 is 2.11 bits per heavy atom. The number of rotatable bonds is 4. The van der Waals surface area contributed by atoms with Gasteiger partial charge >= 0.3 is 0 Å². The van der Waals surface area contributed by atoms with Gasteiger partial charge in [0.1, 0.15) is 6.07 Å². The molecule has 6 nitrogen and oxygen atoms in total. The summed E-state index contributed by atoms with van der Waals surface area (Å²) in [5.74, 6) is -0.819. The maximum atomic E-state index is 11.4. The first-order chi connectivity index (χ1) is 8.56. The molecule has 0 heterocycles. The van der Waals surface area contributed by atoms with E-state index < -0.39 is 11.8 Å². The minimum atomic E-state index is -0.414. The average molecular weight is 267 g/mol. The molecule has 4 N–H and O–H groups in total. The second kappa shape index (κ2) is 6.59. The molecule has 0 aromatic heterocycles. The van der Waals surface area contributed by atoms with E-state index in [0.717, 1.165) is 0 Å². The van der Waals surface area contributed by atoms with Crippen molar-refractivity contribution in [2.75, 3.05) is 18.4 Å². The standard InChI is InChI=1S/C11H11ClN4O2/c12-9-3-8(2-1-7(9)4-13)16-11(18)6-15-10(17)5-14/h1-3H,5-6,14H2,(H,15,17)(H,16,18). The summed E-state index contributed by atoms with van der Waals surface area (Å²) in [4.78, 5) is 22.3. The maximum absolute atomic E-state index is 11.4. The van der Waals surface area contributed by atoms with Crippen LogP contribution in [0.5, 0.6) is 0 Å². The van der Waals surface area contributed by atoms with E-state index in [2.05, 4.69) is 10.6 Å².